The highest BCUT2D eigenvalue weighted by Gasteiger charge is 2.16. The molecule has 0 heterocycles. The molecule has 144 valence electrons. The van der Waals surface area contributed by atoms with Gasteiger partial charge in [-0.05, 0) is 57.2 Å². The van der Waals surface area contributed by atoms with E-state index in [2.05, 4.69) is 10.6 Å². The number of carbonyl (C=O) groups excluding carboxylic acids is 2. The van der Waals surface area contributed by atoms with Crippen LogP contribution in [0.4, 0.5) is 16.2 Å². The molecule has 0 saturated carbocycles. The lowest BCUT2D eigenvalue weighted by molar-refractivity contribution is 0.0636. The van der Waals surface area contributed by atoms with Crippen LogP contribution in [-0.4, -0.2) is 31.8 Å². The van der Waals surface area contributed by atoms with Gasteiger partial charge in [0, 0.05) is 23.0 Å². The second-order valence-corrected chi connectivity index (χ2v) is 6.73. The molecule has 0 spiro atoms. The van der Waals surface area contributed by atoms with Crippen LogP contribution in [0.15, 0.2) is 42.5 Å². The van der Waals surface area contributed by atoms with Gasteiger partial charge in [0.1, 0.15) is 5.60 Å². The van der Waals surface area contributed by atoms with E-state index >= 15 is 0 Å². The summed E-state index contributed by atoms with van der Waals surface area (Å²) in [5.41, 5.74) is 0.976. The molecule has 7 heteroatoms. The van der Waals surface area contributed by atoms with E-state index in [9.17, 15) is 9.59 Å². The van der Waals surface area contributed by atoms with E-state index in [1.807, 2.05) is 0 Å². The smallest absolute Gasteiger partial charge is 0.412 e. The fraction of sp³-hybridized carbons (Fsp3) is 0.300. The highest BCUT2D eigenvalue weighted by Crippen LogP contribution is 2.30. The molecule has 0 saturated heterocycles. The molecule has 0 radical (unpaired) electrons. The normalized spacial score (nSPS) is 10.7. The van der Waals surface area contributed by atoms with Gasteiger partial charge in [0.2, 0.25) is 0 Å². The van der Waals surface area contributed by atoms with E-state index in [1.165, 1.54) is 7.11 Å². The monoisotopic (exact) mass is 372 g/mol. The number of ether oxygens (including phenoxy) is 3. The van der Waals surface area contributed by atoms with E-state index in [0.717, 1.165) is 0 Å². The van der Waals surface area contributed by atoms with Crippen molar-refractivity contribution in [1.82, 2.24) is 0 Å². The Labute approximate surface area is 158 Å². The van der Waals surface area contributed by atoms with E-state index in [4.69, 9.17) is 14.2 Å². The van der Waals surface area contributed by atoms with Crippen molar-refractivity contribution < 1.29 is 23.8 Å². The van der Waals surface area contributed by atoms with Crippen molar-refractivity contribution in [1.29, 1.82) is 0 Å². The lowest BCUT2D eigenvalue weighted by atomic mass is 10.2. The Balaban J connectivity index is 2.02. The summed E-state index contributed by atoms with van der Waals surface area (Å²) in [5.74, 6) is 0.811. The fourth-order valence-electron chi connectivity index (χ4n) is 2.24. The van der Waals surface area contributed by atoms with Gasteiger partial charge < -0.3 is 19.5 Å². The van der Waals surface area contributed by atoms with Gasteiger partial charge in [0.15, 0.2) is 11.5 Å². The maximum atomic E-state index is 12.4. The minimum absolute atomic E-state index is 0.286. The molecular formula is C20H24N2O5. The van der Waals surface area contributed by atoms with Crippen LogP contribution < -0.4 is 20.1 Å². The molecule has 7 nitrogen and oxygen atoms in total. The van der Waals surface area contributed by atoms with Crippen molar-refractivity contribution in [2.24, 2.45) is 0 Å². The van der Waals surface area contributed by atoms with Crippen molar-refractivity contribution in [3.05, 3.63) is 48.0 Å². The molecule has 0 bridgehead atoms. The average Bonchev–Trinajstić information content (AvgIpc) is 2.60. The van der Waals surface area contributed by atoms with Gasteiger partial charge in [-0.15, -0.1) is 0 Å². The Morgan fingerprint density at radius 1 is 0.815 bits per heavy atom. The summed E-state index contributed by atoms with van der Waals surface area (Å²) in [6.45, 7) is 5.36. The maximum absolute atomic E-state index is 12.4. The van der Waals surface area contributed by atoms with Gasteiger partial charge in [0.05, 0.1) is 14.2 Å². The van der Waals surface area contributed by atoms with E-state index < -0.39 is 11.7 Å². The minimum Gasteiger partial charge on any atom is -0.493 e. The van der Waals surface area contributed by atoms with Crippen LogP contribution in [0, 0.1) is 0 Å². The number of hydrogen-bond donors (Lipinski definition) is 2. The number of hydrogen-bond acceptors (Lipinski definition) is 5. The van der Waals surface area contributed by atoms with Crippen molar-refractivity contribution in [3.8, 4) is 11.5 Å². The highest BCUT2D eigenvalue weighted by molar-refractivity contribution is 6.04. The van der Waals surface area contributed by atoms with E-state index in [1.54, 1.807) is 70.3 Å². The second kappa shape index (κ2) is 8.44. The third kappa shape index (κ3) is 5.91. The summed E-state index contributed by atoms with van der Waals surface area (Å²) in [6.07, 6.45) is -0.551. The van der Waals surface area contributed by atoms with Crippen molar-refractivity contribution >= 4 is 23.4 Å². The predicted molar refractivity (Wildman–Crippen MR) is 104 cm³/mol. The first kappa shape index (κ1) is 20.1. The Morgan fingerprint density at radius 3 is 1.96 bits per heavy atom. The molecule has 2 amide bonds. The van der Waals surface area contributed by atoms with E-state index in [-0.39, 0.29) is 5.91 Å². The van der Waals surface area contributed by atoms with Gasteiger partial charge in [-0.2, -0.15) is 0 Å². The largest absolute Gasteiger partial charge is 0.493 e. The molecule has 0 fully saturated rings. The zero-order valence-corrected chi connectivity index (χ0v) is 16.1. The highest BCUT2D eigenvalue weighted by atomic mass is 16.6. The first-order chi connectivity index (χ1) is 12.7. The summed E-state index contributed by atoms with van der Waals surface area (Å²) >= 11 is 0. The van der Waals surface area contributed by atoms with Crippen LogP contribution in [0.2, 0.25) is 0 Å². The lowest BCUT2D eigenvalue weighted by Crippen LogP contribution is -2.27. The predicted octanol–water partition coefficient (Wildman–Crippen LogP) is 4.30. The van der Waals surface area contributed by atoms with Crippen LogP contribution in [0.1, 0.15) is 31.1 Å². The Bertz CT molecular complexity index is 810. The third-order valence-corrected chi connectivity index (χ3v) is 3.43. The third-order valence-electron chi connectivity index (χ3n) is 3.43. The molecule has 0 unspecified atom stereocenters. The molecule has 2 rings (SSSR count). The first-order valence-corrected chi connectivity index (χ1v) is 8.35. The Kier molecular flexibility index (Phi) is 6.28. The molecular weight excluding hydrogens is 348 g/mol. The van der Waals surface area contributed by atoms with Gasteiger partial charge in [-0.1, -0.05) is 0 Å². The molecule has 2 aromatic rings. The molecule has 0 aliphatic rings. The average molecular weight is 372 g/mol. The first-order valence-electron chi connectivity index (χ1n) is 8.35. The van der Waals surface area contributed by atoms with Crippen LogP contribution in [-0.2, 0) is 4.74 Å². The summed E-state index contributed by atoms with van der Waals surface area (Å²) in [4.78, 5) is 24.2. The SMILES string of the molecule is COc1ccc(NC(=O)c2ccc(NC(=O)OC(C)(C)C)cc2)cc1OC. The van der Waals surface area contributed by atoms with Crippen LogP contribution in [0.5, 0.6) is 11.5 Å². The Hall–Kier alpha value is -3.22. The zero-order valence-electron chi connectivity index (χ0n) is 16.1. The number of benzene rings is 2. The van der Waals surface area contributed by atoms with Crippen LogP contribution >= 0.6 is 0 Å². The van der Waals surface area contributed by atoms with Crippen molar-refractivity contribution in [2.75, 3.05) is 24.9 Å². The maximum Gasteiger partial charge on any atom is 0.412 e. The number of nitrogens with one attached hydrogen (secondary N) is 2. The standard InChI is InChI=1S/C20H24N2O5/c1-20(2,3)27-19(24)22-14-8-6-13(7-9-14)18(23)21-15-10-11-16(25-4)17(12-15)26-5/h6-12H,1-5H3,(H,21,23)(H,22,24). The molecule has 27 heavy (non-hydrogen) atoms. The number of amides is 2. The molecule has 2 aromatic carbocycles. The number of anilines is 2. The topological polar surface area (TPSA) is 85.9 Å². The van der Waals surface area contributed by atoms with Crippen LogP contribution in [0.25, 0.3) is 0 Å². The Morgan fingerprint density at radius 2 is 1.41 bits per heavy atom. The quantitative estimate of drug-likeness (QED) is 0.817. The number of methoxy groups -OCH3 is 2. The fourth-order valence-corrected chi connectivity index (χ4v) is 2.24. The van der Waals surface area contributed by atoms with Crippen molar-refractivity contribution in [3.63, 3.8) is 0 Å². The zero-order chi connectivity index (χ0) is 20.0. The lowest BCUT2D eigenvalue weighted by Gasteiger charge is -2.19. The van der Waals surface area contributed by atoms with Gasteiger partial charge in [0.25, 0.3) is 5.91 Å². The van der Waals surface area contributed by atoms with Gasteiger partial charge >= 0.3 is 6.09 Å². The van der Waals surface area contributed by atoms with E-state index in [0.29, 0.717) is 28.4 Å². The van der Waals surface area contributed by atoms with Gasteiger partial charge in [-0.3, -0.25) is 10.1 Å². The molecule has 0 atom stereocenters. The molecule has 2 N–H and O–H groups in total. The number of carbonyl (C=O) groups is 2. The molecule has 0 aliphatic heterocycles. The minimum atomic E-state index is -0.580. The molecule has 0 aromatic heterocycles. The summed E-state index contributed by atoms with van der Waals surface area (Å²) in [7, 11) is 3.07. The van der Waals surface area contributed by atoms with Crippen LogP contribution in [0.3, 0.4) is 0 Å². The van der Waals surface area contributed by atoms with Gasteiger partial charge in [-0.25, -0.2) is 4.79 Å². The van der Waals surface area contributed by atoms with Crippen molar-refractivity contribution in [2.45, 2.75) is 26.4 Å². The summed E-state index contributed by atoms with van der Waals surface area (Å²) in [6, 6.07) is 11.6. The summed E-state index contributed by atoms with van der Waals surface area (Å²) < 4.78 is 15.6. The summed E-state index contributed by atoms with van der Waals surface area (Å²) in [5, 5.41) is 5.41. The number of rotatable bonds is 5. The molecule has 0 aliphatic carbocycles. The second-order valence-electron chi connectivity index (χ2n) is 6.73.